The van der Waals surface area contributed by atoms with Crippen LogP contribution in [0.5, 0.6) is 0 Å². The number of nitrogens with two attached hydrogens (primary N) is 1. The minimum atomic E-state index is -0.531. The fraction of sp³-hybridized carbons (Fsp3) is 0.462. The van der Waals surface area contributed by atoms with Crippen molar-refractivity contribution in [2.24, 2.45) is 5.41 Å². The van der Waals surface area contributed by atoms with Crippen LogP contribution in [0.3, 0.4) is 0 Å². The second-order valence-electron chi connectivity index (χ2n) is 4.88. The number of hydroxylamine groups is 1. The second kappa shape index (κ2) is 6.46. The average Bonchev–Trinajstić information content (AvgIpc) is 2.37. The average molecular weight is 305 g/mol. The van der Waals surface area contributed by atoms with Gasteiger partial charge >= 0.3 is 5.97 Å². The topological polar surface area (TPSA) is 64.3 Å². The summed E-state index contributed by atoms with van der Waals surface area (Å²) in [6.07, 6.45) is 0.688. The van der Waals surface area contributed by atoms with Crippen LogP contribution >= 0.6 is 23.2 Å². The van der Waals surface area contributed by atoms with Crippen molar-refractivity contribution in [3.05, 3.63) is 27.7 Å². The summed E-state index contributed by atoms with van der Waals surface area (Å²) >= 11 is 11.9. The number of rotatable bonds is 5. The van der Waals surface area contributed by atoms with Gasteiger partial charge in [0.1, 0.15) is 0 Å². The third-order valence-corrected chi connectivity index (χ3v) is 3.93. The molecule has 6 heteroatoms. The quantitative estimate of drug-likeness (QED) is 0.645. The molecular weight excluding hydrogens is 287 g/mol. The molecule has 1 aromatic carbocycles. The first-order chi connectivity index (χ1) is 8.79. The Morgan fingerprint density at radius 1 is 1.42 bits per heavy atom. The van der Waals surface area contributed by atoms with E-state index in [1.165, 1.54) is 0 Å². The second-order valence-corrected chi connectivity index (χ2v) is 5.66. The SMILES string of the molecule is CCC(C)(C)C(=O)ONCc1c(N)ccc(Cl)c1Cl. The van der Waals surface area contributed by atoms with Gasteiger partial charge in [0, 0.05) is 11.3 Å². The normalized spacial score (nSPS) is 11.4. The molecule has 0 bridgehead atoms. The van der Waals surface area contributed by atoms with Gasteiger partial charge in [-0.3, -0.25) is 0 Å². The largest absolute Gasteiger partial charge is 0.398 e. The number of benzene rings is 1. The highest BCUT2D eigenvalue weighted by Crippen LogP contribution is 2.30. The highest BCUT2D eigenvalue weighted by atomic mass is 35.5. The molecule has 0 saturated carbocycles. The molecule has 4 nitrogen and oxygen atoms in total. The Morgan fingerprint density at radius 3 is 2.63 bits per heavy atom. The smallest absolute Gasteiger partial charge is 0.330 e. The summed E-state index contributed by atoms with van der Waals surface area (Å²) in [4.78, 5) is 16.8. The summed E-state index contributed by atoms with van der Waals surface area (Å²) in [6.45, 7) is 5.76. The molecule has 0 fully saturated rings. The van der Waals surface area contributed by atoms with Gasteiger partial charge in [-0.1, -0.05) is 30.1 Å². The van der Waals surface area contributed by atoms with Crippen molar-refractivity contribution < 1.29 is 9.63 Å². The molecule has 0 atom stereocenters. The lowest BCUT2D eigenvalue weighted by atomic mass is 9.91. The third-order valence-electron chi connectivity index (χ3n) is 3.08. The van der Waals surface area contributed by atoms with Gasteiger partial charge in [0.05, 0.1) is 22.0 Å². The lowest BCUT2D eigenvalue weighted by Gasteiger charge is -2.20. The highest BCUT2D eigenvalue weighted by molar-refractivity contribution is 6.42. The third kappa shape index (κ3) is 4.00. The number of halogens is 2. The van der Waals surface area contributed by atoms with Gasteiger partial charge in [0.25, 0.3) is 0 Å². The number of nitrogens with one attached hydrogen (secondary N) is 1. The lowest BCUT2D eigenvalue weighted by Crippen LogP contribution is -2.31. The van der Waals surface area contributed by atoms with Crippen molar-refractivity contribution in [2.45, 2.75) is 33.7 Å². The Balaban J connectivity index is 2.64. The summed E-state index contributed by atoms with van der Waals surface area (Å²) in [5.74, 6) is -0.327. The van der Waals surface area contributed by atoms with Gasteiger partial charge in [-0.25, -0.2) is 4.79 Å². The minimum Gasteiger partial charge on any atom is -0.398 e. The van der Waals surface area contributed by atoms with Crippen molar-refractivity contribution in [3.63, 3.8) is 0 Å². The van der Waals surface area contributed by atoms with Crippen LogP contribution < -0.4 is 11.2 Å². The summed E-state index contributed by atoms with van der Waals surface area (Å²) in [7, 11) is 0. The van der Waals surface area contributed by atoms with Crippen LogP contribution in [0.4, 0.5) is 5.69 Å². The van der Waals surface area contributed by atoms with E-state index in [0.717, 1.165) is 0 Å². The molecule has 0 amide bonds. The van der Waals surface area contributed by atoms with E-state index in [9.17, 15) is 4.79 Å². The van der Waals surface area contributed by atoms with E-state index in [1.54, 1.807) is 12.1 Å². The molecule has 1 aromatic rings. The number of hydrogen-bond donors (Lipinski definition) is 2. The number of carbonyl (C=O) groups is 1. The van der Waals surface area contributed by atoms with E-state index in [-0.39, 0.29) is 12.5 Å². The first kappa shape index (κ1) is 16.1. The fourth-order valence-corrected chi connectivity index (χ4v) is 1.66. The molecule has 0 spiro atoms. The number of nitrogen functional groups attached to an aromatic ring is 1. The summed E-state index contributed by atoms with van der Waals surface area (Å²) < 4.78 is 0. The molecule has 0 unspecified atom stereocenters. The zero-order valence-corrected chi connectivity index (χ0v) is 12.7. The lowest BCUT2D eigenvalue weighted by molar-refractivity contribution is -0.162. The first-order valence-electron chi connectivity index (χ1n) is 5.96. The molecule has 3 N–H and O–H groups in total. The van der Waals surface area contributed by atoms with Crippen LogP contribution in [-0.4, -0.2) is 5.97 Å². The Hall–Kier alpha value is -0.970. The molecule has 0 aliphatic carbocycles. The van der Waals surface area contributed by atoms with Gasteiger partial charge in [-0.15, -0.1) is 5.48 Å². The standard InChI is InChI=1S/C13H18Cl2N2O2/c1-4-13(2,3)12(18)19-17-7-8-10(16)6-5-9(14)11(8)15/h5-6,17H,4,7,16H2,1-3H3. The van der Waals surface area contributed by atoms with Gasteiger partial charge in [0.15, 0.2) is 0 Å². The fourth-order valence-electron chi connectivity index (χ4n) is 1.24. The molecule has 19 heavy (non-hydrogen) atoms. The van der Waals surface area contributed by atoms with Crippen molar-refractivity contribution >= 4 is 34.9 Å². The molecule has 0 aromatic heterocycles. The van der Waals surface area contributed by atoms with Crippen molar-refractivity contribution in [2.75, 3.05) is 5.73 Å². The maximum Gasteiger partial charge on any atom is 0.330 e. The van der Waals surface area contributed by atoms with E-state index in [4.69, 9.17) is 33.8 Å². The Labute approximate surface area is 123 Å². The summed E-state index contributed by atoms with van der Waals surface area (Å²) in [6, 6.07) is 3.28. The monoisotopic (exact) mass is 304 g/mol. The molecule has 106 valence electrons. The van der Waals surface area contributed by atoms with Crippen LogP contribution in [0.15, 0.2) is 12.1 Å². The van der Waals surface area contributed by atoms with Crippen LogP contribution in [0.1, 0.15) is 32.8 Å². The van der Waals surface area contributed by atoms with Crippen molar-refractivity contribution in [1.82, 2.24) is 5.48 Å². The maximum absolute atomic E-state index is 11.7. The molecular formula is C13H18Cl2N2O2. The predicted octanol–water partition coefficient (Wildman–Crippen LogP) is 3.56. The van der Waals surface area contributed by atoms with Crippen LogP contribution in [0, 0.1) is 5.41 Å². The zero-order valence-electron chi connectivity index (χ0n) is 11.2. The maximum atomic E-state index is 11.7. The zero-order chi connectivity index (χ0) is 14.6. The number of anilines is 1. The van der Waals surface area contributed by atoms with Crippen LogP contribution in [0.2, 0.25) is 10.0 Å². The van der Waals surface area contributed by atoms with Crippen molar-refractivity contribution in [1.29, 1.82) is 0 Å². The molecule has 0 aliphatic heterocycles. The van der Waals surface area contributed by atoms with Gasteiger partial charge in [-0.2, -0.15) is 0 Å². The van der Waals surface area contributed by atoms with E-state index >= 15 is 0 Å². The van der Waals surface area contributed by atoms with Crippen LogP contribution in [-0.2, 0) is 16.2 Å². The number of hydrogen-bond acceptors (Lipinski definition) is 4. The Morgan fingerprint density at radius 2 is 2.05 bits per heavy atom. The molecule has 0 radical (unpaired) electrons. The molecule has 0 aliphatic rings. The van der Waals surface area contributed by atoms with Crippen molar-refractivity contribution in [3.8, 4) is 0 Å². The molecule has 1 rings (SSSR count). The highest BCUT2D eigenvalue weighted by Gasteiger charge is 2.27. The Bertz CT molecular complexity index is 476. The summed E-state index contributed by atoms with van der Waals surface area (Å²) in [5, 5.41) is 0.771. The predicted molar refractivity (Wildman–Crippen MR) is 77.9 cm³/mol. The van der Waals surface area contributed by atoms with Crippen LogP contribution in [0.25, 0.3) is 0 Å². The minimum absolute atomic E-state index is 0.205. The first-order valence-corrected chi connectivity index (χ1v) is 6.71. The Kier molecular flexibility index (Phi) is 5.47. The van der Waals surface area contributed by atoms with E-state index in [0.29, 0.717) is 27.7 Å². The molecule has 0 heterocycles. The number of carbonyl (C=O) groups excluding carboxylic acids is 1. The van der Waals surface area contributed by atoms with Gasteiger partial charge < -0.3 is 10.6 Å². The van der Waals surface area contributed by atoms with Gasteiger partial charge in [0.2, 0.25) is 0 Å². The van der Waals surface area contributed by atoms with E-state index in [2.05, 4.69) is 5.48 Å². The van der Waals surface area contributed by atoms with E-state index in [1.807, 2.05) is 20.8 Å². The van der Waals surface area contributed by atoms with E-state index < -0.39 is 5.41 Å². The van der Waals surface area contributed by atoms with Gasteiger partial charge in [-0.05, 0) is 32.4 Å². The summed E-state index contributed by atoms with van der Waals surface area (Å²) in [5.41, 5.74) is 8.94. The molecule has 0 saturated heterocycles.